The van der Waals surface area contributed by atoms with Crippen molar-refractivity contribution in [2.75, 3.05) is 30.7 Å². The molecule has 0 bridgehead atoms. The molecule has 0 unspecified atom stereocenters. The van der Waals surface area contributed by atoms with Crippen molar-refractivity contribution in [3.63, 3.8) is 0 Å². The number of rotatable bonds is 8. The fourth-order valence-corrected chi connectivity index (χ4v) is 5.00. The summed E-state index contributed by atoms with van der Waals surface area (Å²) in [5, 5.41) is 13.2. The highest BCUT2D eigenvalue weighted by molar-refractivity contribution is 7.99. The topological polar surface area (TPSA) is 63.1 Å². The Morgan fingerprint density at radius 2 is 1.66 bits per heavy atom. The van der Waals surface area contributed by atoms with Crippen LogP contribution >= 0.6 is 35.0 Å². The smallest absolute Gasteiger partial charge is 0.234 e. The van der Waals surface area contributed by atoms with Gasteiger partial charge in [-0.15, -0.1) is 10.2 Å². The third-order valence-electron chi connectivity index (χ3n) is 5.40. The number of carbonyl (C=O) groups excluding carboxylic acids is 1. The van der Waals surface area contributed by atoms with Crippen LogP contribution in [0.25, 0.3) is 11.4 Å². The predicted molar refractivity (Wildman–Crippen MR) is 132 cm³/mol. The number of amides is 1. The number of nitrogens with zero attached hydrogens (tertiary/aromatic N) is 4. The minimum atomic E-state index is -0.197. The molecular weight excluding hydrogens is 465 g/mol. The van der Waals surface area contributed by atoms with Crippen molar-refractivity contribution in [1.82, 2.24) is 19.7 Å². The molecule has 1 fully saturated rings. The monoisotopic (exact) mass is 489 g/mol. The number of para-hydroxylation sites is 1. The molecule has 0 aliphatic carbocycles. The zero-order valence-electron chi connectivity index (χ0n) is 17.6. The van der Waals surface area contributed by atoms with Gasteiger partial charge in [-0.3, -0.25) is 4.79 Å². The van der Waals surface area contributed by atoms with Crippen molar-refractivity contribution < 1.29 is 4.79 Å². The van der Waals surface area contributed by atoms with Crippen LogP contribution in [0.2, 0.25) is 10.0 Å². The molecule has 1 aromatic heterocycles. The fraction of sp³-hybridized carbons (Fsp3) is 0.348. The van der Waals surface area contributed by atoms with E-state index in [0.29, 0.717) is 15.7 Å². The van der Waals surface area contributed by atoms with Crippen LogP contribution < -0.4 is 5.32 Å². The summed E-state index contributed by atoms with van der Waals surface area (Å²) in [4.78, 5) is 15.1. The van der Waals surface area contributed by atoms with E-state index in [4.69, 9.17) is 23.2 Å². The van der Waals surface area contributed by atoms with E-state index >= 15 is 0 Å². The maximum Gasteiger partial charge on any atom is 0.234 e. The highest BCUT2D eigenvalue weighted by Gasteiger charge is 2.18. The molecule has 0 saturated carbocycles. The van der Waals surface area contributed by atoms with E-state index in [1.807, 2.05) is 30.3 Å². The first-order chi connectivity index (χ1) is 15.6. The van der Waals surface area contributed by atoms with Crippen molar-refractivity contribution in [3.8, 4) is 11.4 Å². The first-order valence-electron chi connectivity index (χ1n) is 10.7. The predicted octanol–water partition coefficient (Wildman–Crippen LogP) is 5.47. The van der Waals surface area contributed by atoms with Gasteiger partial charge in [0.25, 0.3) is 0 Å². The van der Waals surface area contributed by atoms with Gasteiger partial charge < -0.3 is 14.8 Å². The number of nitrogens with one attached hydrogen (secondary N) is 1. The molecule has 3 aromatic rings. The van der Waals surface area contributed by atoms with E-state index in [2.05, 4.69) is 25.0 Å². The second-order valence-electron chi connectivity index (χ2n) is 7.66. The molecule has 1 amide bonds. The summed E-state index contributed by atoms with van der Waals surface area (Å²) in [6, 6.07) is 15.2. The average Bonchev–Trinajstić information content (AvgIpc) is 3.23. The third kappa shape index (κ3) is 5.84. The molecule has 2 heterocycles. The third-order valence-corrected chi connectivity index (χ3v) is 6.99. The summed E-state index contributed by atoms with van der Waals surface area (Å²) in [6.07, 6.45) is 3.81. The van der Waals surface area contributed by atoms with Gasteiger partial charge in [0.05, 0.1) is 21.5 Å². The largest absolute Gasteiger partial charge is 0.323 e. The molecule has 0 atom stereocenters. The van der Waals surface area contributed by atoms with Crippen molar-refractivity contribution in [2.45, 2.75) is 31.0 Å². The van der Waals surface area contributed by atoms with Crippen LogP contribution in [-0.2, 0) is 11.3 Å². The van der Waals surface area contributed by atoms with Gasteiger partial charge >= 0.3 is 0 Å². The van der Waals surface area contributed by atoms with E-state index in [1.54, 1.807) is 18.2 Å². The first-order valence-corrected chi connectivity index (χ1v) is 12.4. The molecule has 2 aromatic carbocycles. The van der Waals surface area contributed by atoms with Crippen LogP contribution in [-0.4, -0.2) is 51.0 Å². The number of benzene rings is 2. The lowest BCUT2D eigenvalue weighted by Crippen LogP contribution is -2.32. The molecule has 0 spiro atoms. The number of aromatic nitrogens is 3. The zero-order chi connectivity index (χ0) is 22.3. The minimum Gasteiger partial charge on any atom is -0.323 e. The maximum absolute atomic E-state index is 12.6. The van der Waals surface area contributed by atoms with Gasteiger partial charge in [0.15, 0.2) is 11.0 Å². The molecule has 168 valence electrons. The number of thioether (sulfide) groups is 1. The molecule has 0 radical (unpaired) electrons. The SMILES string of the molecule is O=C(CSc1nnc(-c2ccccc2)n1CCN1CCCCC1)Nc1c(Cl)cccc1Cl. The lowest BCUT2D eigenvalue weighted by atomic mass is 10.1. The van der Waals surface area contributed by atoms with Crippen LogP contribution in [0.15, 0.2) is 53.7 Å². The number of hydrogen-bond donors (Lipinski definition) is 1. The highest BCUT2D eigenvalue weighted by Crippen LogP contribution is 2.30. The van der Waals surface area contributed by atoms with E-state index in [-0.39, 0.29) is 11.7 Å². The molecule has 32 heavy (non-hydrogen) atoms. The molecule has 1 N–H and O–H groups in total. The number of anilines is 1. The van der Waals surface area contributed by atoms with Crippen LogP contribution in [0, 0.1) is 0 Å². The van der Waals surface area contributed by atoms with Crippen molar-refractivity contribution in [1.29, 1.82) is 0 Å². The number of halogens is 2. The average molecular weight is 490 g/mol. The molecule has 6 nitrogen and oxygen atoms in total. The lowest BCUT2D eigenvalue weighted by molar-refractivity contribution is -0.113. The minimum absolute atomic E-state index is 0.179. The van der Waals surface area contributed by atoms with Crippen molar-refractivity contribution in [2.24, 2.45) is 0 Å². The van der Waals surface area contributed by atoms with Crippen LogP contribution in [0.5, 0.6) is 0 Å². The Hall–Kier alpha value is -2.06. The van der Waals surface area contributed by atoms with Gasteiger partial charge in [-0.1, -0.05) is 77.8 Å². The molecular formula is C23H25Cl2N5OS. The quantitative estimate of drug-likeness (QED) is 0.425. The number of carbonyl (C=O) groups is 1. The molecule has 1 aliphatic heterocycles. The van der Waals surface area contributed by atoms with Crippen LogP contribution in [0.3, 0.4) is 0 Å². The number of likely N-dealkylation sites (tertiary alicyclic amines) is 1. The van der Waals surface area contributed by atoms with Crippen LogP contribution in [0.4, 0.5) is 5.69 Å². The Morgan fingerprint density at radius 1 is 0.938 bits per heavy atom. The summed E-state index contributed by atoms with van der Waals surface area (Å²) in [6.45, 7) is 3.98. The molecule has 4 rings (SSSR count). The van der Waals surface area contributed by atoms with Crippen molar-refractivity contribution in [3.05, 3.63) is 58.6 Å². The van der Waals surface area contributed by atoms with Gasteiger partial charge in [-0.05, 0) is 38.1 Å². The summed E-state index contributed by atoms with van der Waals surface area (Å²) < 4.78 is 2.12. The zero-order valence-corrected chi connectivity index (χ0v) is 20.0. The van der Waals surface area contributed by atoms with Gasteiger partial charge in [0.2, 0.25) is 5.91 Å². The fourth-order valence-electron chi connectivity index (χ4n) is 3.75. The Bertz CT molecular complexity index is 1030. The van der Waals surface area contributed by atoms with Gasteiger partial charge in [-0.25, -0.2) is 0 Å². The standard InChI is InChI=1S/C23H25Cl2N5OS/c24-18-10-7-11-19(25)21(18)26-20(31)16-32-23-28-27-22(17-8-3-1-4-9-17)30(23)15-14-29-12-5-2-6-13-29/h1,3-4,7-11H,2,5-6,12-16H2,(H,26,31). The molecule has 1 aliphatic rings. The first kappa shape index (κ1) is 23.1. The summed E-state index contributed by atoms with van der Waals surface area (Å²) in [7, 11) is 0. The van der Waals surface area contributed by atoms with Gasteiger partial charge in [-0.2, -0.15) is 0 Å². The van der Waals surface area contributed by atoms with Gasteiger partial charge in [0.1, 0.15) is 0 Å². The number of piperidine rings is 1. The van der Waals surface area contributed by atoms with E-state index in [0.717, 1.165) is 42.7 Å². The Morgan fingerprint density at radius 3 is 2.38 bits per heavy atom. The van der Waals surface area contributed by atoms with E-state index in [1.165, 1.54) is 31.0 Å². The second kappa shape index (κ2) is 11.2. The van der Waals surface area contributed by atoms with Crippen LogP contribution in [0.1, 0.15) is 19.3 Å². The molecule has 1 saturated heterocycles. The molecule has 9 heteroatoms. The lowest BCUT2D eigenvalue weighted by Gasteiger charge is -2.26. The summed E-state index contributed by atoms with van der Waals surface area (Å²) in [5.74, 6) is 0.801. The van der Waals surface area contributed by atoms with E-state index < -0.39 is 0 Å². The second-order valence-corrected chi connectivity index (χ2v) is 9.42. The van der Waals surface area contributed by atoms with E-state index in [9.17, 15) is 4.79 Å². The maximum atomic E-state index is 12.6. The van der Waals surface area contributed by atoms with Crippen molar-refractivity contribution >= 4 is 46.6 Å². The Balaban J connectivity index is 1.47. The Labute approximate surface area is 202 Å². The normalized spacial score (nSPS) is 14.4. The number of hydrogen-bond acceptors (Lipinski definition) is 5. The highest BCUT2D eigenvalue weighted by atomic mass is 35.5. The summed E-state index contributed by atoms with van der Waals surface area (Å²) in [5.41, 5.74) is 1.44. The van der Waals surface area contributed by atoms with Gasteiger partial charge in [0, 0.05) is 18.7 Å². The summed E-state index contributed by atoms with van der Waals surface area (Å²) >= 11 is 13.7. The Kier molecular flexibility index (Phi) is 8.08.